The zero-order chi connectivity index (χ0) is 18.8. The number of hydrogen-bond donors (Lipinski definition) is 2. The Balaban J connectivity index is 1.33. The van der Waals surface area contributed by atoms with Crippen LogP contribution in [0.4, 0.5) is 0 Å². The Hall–Kier alpha value is -3.00. The number of fused-ring (bicyclic) bond motifs is 2. The molecule has 0 spiro atoms. The molecule has 0 aliphatic carbocycles. The number of pyridine rings is 1. The molecule has 0 atom stereocenters. The fourth-order valence-corrected chi connectivity index (χ4v) is 3.89. The van der Waals surface area contributed by atoms with E-state index in [1.54, 1.807) is 4.52 Å². The number of hydrogen-bond acceptors (Lipinski definition) is 5. The van der Waals surface area contributed by atoms with Crippen LogP contribution in [0.1, 0.15) is 23.2 Å². The lowest BCUT2D eigenvalue weighted by Gasteiger charge is -2.06. The van der Waals surface area contributed by atoms with Crippen LogP contribution < -0.4 is 10.9 Å². The zero-order valence-electron chi connectivity index (χ0n) is 14.9. The maximum atomic E-state index is 12.2. The number of benzene rings is 1. The topological polar surface area (TPSA) is 92.2 Å². The molecule has 0 radical (unpaired) electrons. The molecule has 1 amide bonds. The summed E-state index contributed by atoms with van der Waals surface area (Å²) in [5.74, 6) is -0.0662. The molecule has 2 N–H and O–H groups in total. The van der Waals surface area contributed by atoms with Crippen molar-refractivity contribution in [3.05, 3.63) is 63.1 Å². The molecule has 0 bridgehead atoms. The second-order valence-electron chi connectivity index (χ2n) is 6.50. The Morgan fingerprint density at radius 3 is 3.07 bits per heavy atom. The van der Waals surface area contributed by atoms with Crippen molar-refractivity contribution in [1.82, 2.24) is 24.9 Å². The number of carbonyl (C=O) groups is 1. The van der Waals surface area contributed by atoms with Crippen LogP contribution in [-0.2, 0) is 17.6 Å². The van der Waals surface area contributed by atoms with Gasteiger partial charge in [0.05, 0.1) is 5.69 Å². The van der Waals surface area contributed by atoms with Gasteiger partial charge in [-0.15, -0.1) is 11.3 Å². The molecule has 3 heterocycles. The summed E-state index contributed by atoms with van der Waals surface area (Å²) in [4.78, 5) is 32.2. The third kappa shape index (κ3) is 3.75. The first-order chi connectivity index (χ1) is 13.1. The average Bonchev–Trinajstić information content (AvgIpc) is 3.25. The summed E-state index contributed by atoms with van der Waals surface area (Å²) in [6.45, 7) is 2.51. The highest BCUT2D eigenvalue weighted by Gasteiger charge is 2.09. The van der Waals surface area contributed by atoms with E-state index in [-0.39, 0.29) is 17.9 Å². The van der Waals surface area contributed by atoms with Crippen LogP contribution in [-0.4, -0.2) is 32.0 Å². The van der Waals surface area contributed by atoms with E-state index in [0.717, 1.165) is 27.1 Å². The second-order valence-corrected chi connectivity index (χ2v) is 7.33. The van der Waals surface area contributed by atoms with Gasteiger partial charge in [-0.1, -0.05) is 12.1 Å². The van der Waals surface area contributed by atoms with Gasteiger partial charge in [-0.05, 0) is 36.4 Å². The summed E-state index contributed by atoms with van der Waals surface area (Å²) in [6.07, 6.45) is 2.90. The lowest BCUT2D eigenvalue weighted by Crippen LogP contribution is -2.27. The molecule has 0 aliphatic rings. The van der Waals surface area contributed by atoms with Gasteiger partial charge in [0.25, 0.3) is 5.56 Å². The maximum absolute atomic E-state index is 12.2. The highest BCUT2D eigenvalue weighted by molar-refractivity contribution is 7.15. The van der Waals surface area contributed by atoms with E-state index in [1.165, 1.54) is 17.7 Å². The Labute approximate surface area is 159 Å². The Kier molecular flexibility index (Phi) is 4.72. The van der Waals surface area contributed by atoms with E-state index in [0.29, 0.717) is 24.9 Å². The molecule has 0 saturated carbocycles. The van der Waals surface area contributed by atoms with E-state index < -0.39 is 0 Å². The molecular formula is C19H19N5O2S. The number of nitrogens with one attached hydrogen (secondary N) is 2. The average molecular weight is 381 g/mol. The van der Waals surface area contributed by atoms with Crippen LogP contribution in [0.2, 0.25) is 0 Å². The van der Waals surface area contributed by atoms with E-state index in [9.17, 15) is 9.59 Å². The van der Waals surface area contributed by atoms with Crippen molar-refractivity contribution in [3.63, 3.8) is 0 Å². The van der Waals surface area contributed by atoms with Gasteiger partial charge in [0, 0.05) is 35.8 Å². The summed E-state index contributed by atoms with van der Waals surface area (Å²) in [5, 5.41) is 10.0. The maximum Gasteiger partial charge on any atom is 0.251 e. The molecule has 7 nitrogen and oxygen atoms in total. The standard InChI is InChI=1S/C19H19N5O2S/c1-12-2-3-13-9-14(18(26)23-16(13)8-12)4-5-17(25)20-7-6-15-10-27-19-21-11-22-24(15)19/h2-3,8-11H,4-7H2,1H3,(H,20,25)(H,23,26). The number of aromatic amines is 1. The van der Waals surface area contributed by atoms with Crippen LogP contribution in [0.3, 0.4) is 0 Å². The van der Waals surface area contributed by atoms with Crippen LogP contribution in [0.15, 0.2) is 40.8 Å². The third-order valence-corrected chi connectivity index (χ3v) is 5.37. The van der Waals surface area contributed by atoms with Crippen molar-refractivity contribution in [2.45, 2.75) is 26.2 Å². The number of aryl methyl sites for hydroxylation is 2. The molecule has 0 unspecified atom stereocenters. The van der Waals surface area contributed by atoms with Gasteiger partial charge in [0.2, 0.25) is 10.9 Å². The van der Waals surface area contributed by atoms with Crippen LogP contribution >= 0.6 is 11.3 Å². The van der Waals surface area contributed by atoms with E-state index in [2.05, 4.69) is 20.4 Å². The van der Waals surface area contributed by atoms with E-state index in [4.69, 9.17) is 0 Å². The predicted molar refractivity (Wildman–Crippen MR) is 105 cm³/mol. The molecule has 8 heteroatoms. The van der Waals surface area contributed by atoms with Gasteiger partial charge in [0.1, 0.15) is 6.33 Å². The third-order valence-electron chi connectivity index (χ3n) is 4.49. The minimum absolute atomic E-state index is 0.0662. The van der Waals surface area contributed by atoms with E-state index in [1.807, 2.05) is 36.6 Å². The monoisotopic (exact) mass is 381 g/mol. The summed E-state index contributed by atoms with van der Waals surface area (Å²) in [6, 6.07) is 7.81. The van der Waals surface area contributed by atoms with Gasteiger partial charge in [0.15, 0.2) is 0 Å². The highest BCUT2D eigenvalue weighted by Crippen LogP contribution is 2.14. The molecular weight excluding hydrogens is 362 g/mol. The normalized spacial score (nSPS) is 11.3. The first kappa shape index (κ1) is 17.4. The van der Waals surface area contributed by atoms with Crippen molar-refractivity contribution < 1.29 is 4.79 Å². The molecule has 27 heavy (non-hydrogen) atoms. The number of nitrogens with zero attached hydrogens (tertiary/aromatic N) is 3. The van der Waals surface area contributed by atoms with Crippen LogP contribution in [0.5, 0.6) is 0 Å². The van der Waals surface area contributed by atoms with Crippen molar-refractivity contribution in [2.75, 3.05) is 6.54 Å². The fourth-order valence-electron chi connectivity index (χ4n) is 3.06. The Morgan fingerprint density at radius 1 is 1.30 bits per heavy atom. The zero-order valence-corrected chi connectivity index (χ0v) is 15.7. The molecule has 0 fully saturated rings. The fraction of sp³-hybridized carbons (Fsp3) is 0.263. The molecule has 3 aromatic heterocycles. The van der Waals surface area contributed by atoms with Crippen molar-refractivity contribution >= 4 is 33.1 Å². The molecule has 0 aliphatic heterocycles. The summed E-state index contributed by atoms with van der Waals surface area (Å²) >= 11 is 1.53. The highest BCUT2D eigenvalue weighted by atomic mass is 32.1. The molecule has 0 saturated heterocycles. The smallest absolute Gasteiger partial charge is 0.251 e. The summed E-state index contributed by atoms with van der Waals surface area (Å²) < 4.78 is 1.78. The number of aromatic nitrogens is 4. The minimum atomic E-state index is -0.132. The molecule has 4 rings (SSSR count). The van der Waals surface area contributed by atoms with Gasteiger partial charge < -0.3 is 10.3 Å². The van der Waals surface area contributed by atoms with Crippen molar-refractivity contribution in [1.29, 1.82) is 0 Å². The first-order valence-corrected chi connectivity index (χ1v) is 9.63. The molecule has 138 valence electrons. The van der Waals surface area contributed by atoms with E-state index >= 15 is 0 Å². The Bertz CT molecular complexity index is 1170. The number of carbonyl (C=O) groups excluding carboxylic acids is 1. The number of thiazole rings is 1. The Morgan fingerprint density at radius 2 is 2.19 bits per heavy atom. The molecule has 1 aromatic carbocycles. The van der Waals surface area contributed by atoms with Gasteiger partial charge in [-0.25, -0.2) is 9.50 Å². The lowest BCUT2D eigenvalue weighted by molar-refractivity contribution is -0.121. The van der Waals surface area contributed by atoms with Gasteiger partial charge in [-0.2, -0.15) is 5.10 Å². The van der Waals surface area contributed by atoms with Crippen LogP contribution in [0.25, 0.3) is 15.9 Å². The lowest BCUT2D eigenvalue weighted by atomic mass is 10.1. The summed E-state index contributed by atoms with van der Waals surface area (Å²) in [5.41, 5.74) is 3.44. The van der Waals surface area contributed by atoms with Gasteiger partial charge in [-0.3, -0.25) is 9.59 Å². The number of rotatable bonds is 6. The number of amides is 1. The minimum Gasteiger partial charge on any atom is -0.356 e. The largest absolute Gasteiger partial charge is 0.356 e. The predicted octanol–water partition coefficient (Wildman–Crippen LogP) is 2.23. The quantitative estimate of drug-likeness (QED) is 0.536. The molecule has 4 aromatic rings. The number of H-pyrrole nitrogens is 1. The van der Waals surface area contributed by atoms with Gasteiger partial charge >= 0.3 is 0 Å². The van der Waals surface area contributed by atoms with Crippen molar-refractivity contribution in [2.24, 2.45) is 0 Å². The van der Waals surface area contributed by atoms with Crippen molar-refractivity contribution in [3.8, 4) is 0 Å². The second kappa shape index (κ2) is 7.32. The van der Waals surface area contributed by atoms with Crippen LogP contribution in [0, 0.1) is 6.92 Å². The SMILES string of the molecule is Cc1ccc2cc(CCC(=O)NCCc3csc4ncnn34)c(=O)[nH]c2c1. The first-order valence-electron chi connectivity index (χ1n) is 8.75. The summed E-state index contributed by atoms with van der Waals surface area (Å²) in [7, 11) is 0.